The molecule has 40 heavy (non-hydrogen) atoms. The maximum absolute atomic E-state index is 14.0. The minimum atomic E-state index is -1.59. The number of aromatic nitrogens is 4. The molecule has 2 aliphatic rings. The standard InChI is InChI=1S/C26H25BrN6O5S2/c1-32-25(29-30-31-32)40-15-18-14-39-24-26(37-2,28-19(34)13-27)23(36)33(24)20(18)22(35)38-21(16-9-5-3-6-10-16)17-11-7-4-8-12-17/h3-12,21,24H,13-15H2,1-2H3,(H,28,34)/t24-,26-/m0/s1. The highest BCUT2D eigenvalue weighted by molar-refractivity contribution is 9.09. The van der Waals surface area contributed by atoms with Crippen LogP contribution in [0.4, 0.5) is 0 Å². The summed E-state index contributed by atoms with van der Waals surface area (Å²) in [6.45, 7) is 0. The summed E-state index contributed by atoms with van der Waals surface area (Å²) in [5.74, 6) is -0.870. The van der Waals surface area contributed by atoms with Crippen LogP contribution >= 0.6 is 39.5 Å². The fourth-order valence-corrected chi connectivity index (χ4v) is 7.09. The van der Waals surface area contributed by atoms with Gasteiger partial charge in [0, 0.05) is 25.7 Å². The number of thioether (sulfide) groups is 2. The number of halogens is 1. The molecule has 0 radical (unpaired) electrons. The van der Waals surface area contributed by atoms with Crippen LogP contribution in [0.5, 0.6) is 0 Å². The normalized spacial score (nSPS) is 20.2. The second-order valence-corrected chi connectivity index (χ2v) is 11.5. The van der Waals surface area contributed by atoms with Crippen molar-refractivity contribution in [2.75, 3.05) is 23.9 Å². The van der Waals surface area contributed by atoms with Gasteiger partial charge in [-0.2, -0.15) is 0 Å². The average molecular weight is 646 g/mol. The van der Waals surface area contributed by atoms with E-state index in [-0.39, 0.29) is 11.0 Å². The first-order valence-electron chi connectivity index (χ1n) is 12.1. The number of amides is 2. The van der Waals surface area contributed by atoms with Crippen molar-refractivity contribution in [1.29, 1.82) is 0 Å². The van der Waals surface area contributed by atoms with Crippen molar-refractivity contribution in [3.8, 4) is 0 Å². The van der Waals surface area contributed by atoms with Crippen LogP contribution < -0.4 is 5.32 Å². The maximum Gasteiger partial charge on any atom is 0.356 e. The summed E-state index contributed by atoms with van der Waals surface area (Å²) in [5.41, 5.74) is 0.802. The number of ether oxygens (including phenoxy) is 2. The number of hydrogen-bond acceptors (Lipinski definition) is 10. The summed E-state index contributed by atoms with van der Waals surface area (Å²) in [7, 11) is 3.08. The molecule has 14 heteroatoms. The van der Waals surface area contributed by atoms with E-state index in [0.29, 0.717) is 22.2 Å². The predicted molar refractivity (Wildman–Crippen MR) is 152 cm³/mol. The van der Waals surface area contributed by atoms with Gasteiger partial charge in [0.2, 0.25) is 11.1 Å². The summed E-state index contributed by atoms with van der Waals surface area (Å²) in [4.78, 5) is 41.3. The second-order valence-electron chi connectivity index (χ2n) is 8.89. The van der Waals surface area contributed by atoms with E-state index in [1.807, 2.05) is 60.7 Å². The van der Waals surface area contributed by atoms with Gasteiger partial charge in [-0.25, -0.2) is 9.48 Å². The Morgan fingerprint density at radius 3 is 2.38 bits per heavy atom. The predicted octanol–water partition coefficient (Wildman–Crippen LogP) is 2.66. The van der Waals surface area contributed by atoms with E-state index in [0.717, 1.165) is 11.1 Å². The number of methoxy groups -OCH3 is 1. The van der Waals surface area contributed by atoms with Gasteiger partial charge in [0.15, 0.2) is 6.10 Å². The highest BCUT2D eigenvalue weighted by Crippen LogP contribution is 2.48. The van der Waals surface area contributed by atoms with E-state index >= 15 is 0 Å². The fraction of sp³-hybridized carbons (Fsp3) is 0.308. The van der Waals surface area contributed by atoms with E-state index in [1.165, 1.54) is 40.2 Å². The number of carbonyl (C=O) groups excluding carboxylic acids is 3. The minimum Gasteiger partial charge on any atom is -0.448 e. The van der Waals surface area contributed by atoms with Gasteiger partial charge in [0.1, 0.15) is 11.1 Å². The van der Waals surface area contributed by atoms with Gasteiger partial charge >= 0.3 is 5.97 Å². The largest absolute Gasteiger partial charge is 0.448 e. The van der Waals surface area contributed by atoms with Gasteiger partial charge in [-0.15, -0.1) is 16.9 Å². The van der Waals surface area contributed by atoms with E-state index in [9.17, 15) is 14.4 Å². The van der Waals surface area contributed by atoms with Crippen LogP contribution in [-0.2, 0) is 30.9 Å². The zero-order valence-corrected chi connectivity index (χ0v) is 24.7. The Balaban J connectivity index is 1.51. The van der Waals surface area contributed by atoms with Crippen molar-refractivity contribution in [3.63, 3.8) is 0 Å². The minimum absolute atomic E-state index is 0.00300. The zero-order valence-electron chi connectivity index (χ0n) is 21.5. The monoisotopic (exact) mass is 644 g/mol. The summed E-state index contributed by atoms with van der Waals surface area (Å²) >= 11 is 5.86. The first kappa shape index (κ1) is 28.3. The molecular weight excluding hydrogens is 620 g/mol. The molecule has 3 heterocycles. The molecule has 2 aromatic carbocycles. The van der Waals surface area contributed by atoms with E-state index in [4.69, 9.17) is 9.47 Å². The Labute approximate surface area is 247 Å². The van der Waals surface area contributed by atoms with Crippen molar-refractivity contribution in [2.24, 2.45) is 7.05 Å². The van der Waals surface area contributed by atoms with Crippen LogP contribution in [0.25, 0.3) is 0 Å². The lowest BCUT2D eigenvalue weighted by Crippen LogP contribution is -2.80. The molecule has 1 fully saturated rings. The van der Waals surface area contributed by atoms with Crippen LogP contribution in [0.15, 0.2) is 77.1 Å². The molecule has 1 aromatic heterocycles. The van der Waals surface area contributed by atoms with Gasteiger partial charge < -0.3 is 14.8 Å². The number of hydrogen-bond donors (Lipinski definition) is 1. The molecule has 208 valence electrons. The Kier molecular flexibility index (Phi) is 8.59. The van der Waals surface area contributed by atoms with Crippen molar-refractivity contribution in [2.45, 2.75) is 22.4 Å². The molecule has 1 N–H and O–H groups in total. The molecule has 0 unspecified atom stereocenters. The smallest absolute Gasteiger partial charge is 0.356 e. The second kappa shape index (κ2) is 12.1. The number of rotatable bonds is 10. The molecule has 0 bridgehead atoms. The zero-order chi connectivity index (χ0) is 28.3. The average Bonchev–Trinajstić information content (AvgIpc) is 3.41. The molecule has 3 aromatic rings. The van der Waals surface area contributed by atoms with Crippen molar-refractivity contribution in [3.05, 3.63) is 83.1 Å². The van der Waals surface area contributed by atoms with Crippen molar-refractivity contribution < 1.29 is 23.9 Å². The molecular formula is C26H25BrN6O5S2. The number of fused-ring (bicyclic) bond motifs is 1. The molecule has 5 rings (SSSR count). The van der Waals surface area contributed by atoms with Crippen molar-refractivity contribution >= 4 is 57.2 Å². The summed E-state index contributed by atoms with van der Waals surface area (Å²) < 4.78 is 13.3. The maximum atomic E-state index is 14.0. The first-order chi connectivity index (χ1) is 19.4. The molecule has 0 spiro atoms. The van der Waals surface area contributed by atoms with Crippen LogP contribution in [0.3, 0.4) is 0 Å². The Morgan fingerprint density at radius 2 is 1.82 bits per heavy atom. The number of β-lactam (4-membered cyclic amide) rings is 1. The SMILES string of the molecule is CO[C@@]1(NC(=O)CBr)C(=O)N2C(C(=O)OC(c3ccccc3)c3ccccc3)=C(CSc3nnnn3C)CS[C@H]21. The lowest BCUT2D eigenvalue weighted by atomic mass is 9.98. The number of benzene rings is 2. The molecule has 2 aliphatic heterocycles. The number of nitrogens with zero attached hydrogens (tertiary/aromatic N) is 5. The number of esters is 1. The Hall–Kier alpha value is -3.20. The van der Waals surface area contributed by atoms with Gasteiger partial charge in [0.05, 0.1) is 5.33 Å². The molecule has 0 saturated carbocycles. The van der Waals surface area contributed by atoms with E-state index < -0.39 is 35.0 Å². The third-order valence-electron chi connectivity index (χ3n) is 6.46. The van der Waals surface area contributed by atoms with Crippen LogP contribution in [0, 0.1) is 0 Å². The van der Waals surface area contributed by atoms with Crippen LogP contribution in [0.1, 0.15) is 17.2 Å². The molecule has 2 atom stereocenters. The highest BCUT2D eigenvalue weighted by Gasteiger charge is 2.66. The number of carbonyl (C=O) groups is 3. The molecule has 0 aliphatic carbocycles. The number of tetrazole rings is 1. The third kappa shape index (κ3) is 5.28. The highest BCUT2D eigenvalue weighted by atomic mass is 79.9. The molecule has 1 saturated heterocycles. The quantitative estimate of drug-likeness (QED) is 0.116. The summed E-state index contributed by atoms with van der Waals surface area (Å²) in [6, 6.07) is 18.8. The molecule has 11 nitrogen and oxygen atoms in total. The lowest BCUT2D eigenvalue weighted by Gasteiger charge is -2.56. The summed E-state index contributed by atoms with van der Waals surface area (Å²) in [5, 5.41) is 14.1. The topological polar surface area (TPSA) is 129 Å². The van der Waals surface area contributed by atoms with Crippen molar-refractivity contribution in [1.82, 2.24) is 30.4 Å². The summed E-state index contributed by atoms with van der Waals surface area (Å²) in [6.07, 6.45) is -0.705. The number of alkyl halides is 1. The Morgan fingerprint density at radius 1 is 1.18 bits per heavy atom. The van der Waals surface area contributed by atoms with Crippen LogP contribution in [-0.4, -0.2) is 77.9 Å². The third-order valence-corrected chi connectivity index (χ3v) is 9.44. The van der Waals surface area contributed by atoms with Gasteiger partial charge in [0.25, 0.3) is 11.6 Å². The first-order valence-corrected chi connectivity index (χ1v) is 15.3. The number of nitrogens with one attached hydrogen (secondary N) is 1. The number of aryl methyl sites for hydroxylation is 1. The molecule has 2 amide bonds. The lowest BCUT2D eigenvalue weighted by molar-refractivity contribution is -0.192. The van der Waals surface area contributed by atoms with E-state index in [1.54, 1.807) is 7.05 Å². The van der Waals surface area contributed by atoms with Gasteiger partial charge in [-0.05, 0) is 27.1 Å². The van der Waals surface area contributed by atoms with E-state index in [2.05, 4.69) is 36.8 Å². The Bertz CT molecular complexity index is 1400. The fourth-order valence-electron chi connectivity index (χ4n) is 4.53. The van der Waals surface area contributed by atoms with Crippen LogP contribution in [0.2, 0.25) is 0 Å². The van der Waals surface area contributed by atoms with Gasteiger partial charge in [-0.1, -0.05) is 88.4 Å². The van der Waals surface area contributed by atoms with Gasteiger partial charge in [-0.3, -0.25) is 14.5 Å².